The molecule has 1 aliphatic heterocycles. The van der Waals surface area contributed by atoms with E-state index in [0.29, 0.717) is 18.0 Å². The molecule has 1 aliphatic carbocycles. The number of aromatic hydroxyl groups is 1. The number of nitrogens with one attached hydrogen (secondary N) is 1. The van der Waals surface area contributed by atoms with E-state index in [9.17, 15) is 9.90 Å². The fraction of sp³-hybridized carbons (Fsp3) is 0.421. The molecule has 0 bridgehead atoms. The number of rotatable bonds is 4. The predicted octanol–water partition coefficient (Wildman–Crippen LogP) is 3.46. The molecule has 27 heavy (non-hydrogen) atoms. The maximum absolute atomic E-state index is 12.3. The molecule has 1 saturated carbocycles. The Hall–Kier alpha value is -2.61. The van der Waals surface area contributed by atoms with Crippen LogP contribution < -0.4 is 15.0 Å². The summed E-state index contributed by atoms with van der Waals surface area (Å²) in [6, 6.07) is 5.70. The fourth-order valence-corrected chi connectivity index (χ4v) is 3.96. The van der Waals surface area contributed by atoms with Gasteiger partial charge in [0, 0.05) is 12.3 Å². The summed E-state index contributed by atoms with van der Waals surface area (Å²) in [6.07, 6.45) is 6.69. The molecule has 2 heterocycles. The minimum Gasteiger partial charge on any atom is -0.494 e. The number of nitrogens with zero attached hydrogens (tertiary/aromatic N) is 2. The number of fused-ring (bicyclic) bond motifs is 1. The zero-order valence-corrected chi connectivity index (χ0v) is 15.6. The third-order valence-corrected chi connectivity index (χ3v) is 5.32. The van der Waals surface area contributed by atoms with Crippen LogP contribution in [0.4, 0.5) is 0 Å². The summed E-state index contributed by atoms with van der Waals surface area (Å²) in [7, 11) is 0. The molecular formula is C19H21N3O4S. The van der Waals surface area contributed by atoms with Crippen molar-refractivity contribution in [1.82, 2.24) is 9.55 Å². The number of ether oxygens (including phenoxy) is 2. The quantitative estimate of drug-likeness (QED) is 0.619. The Morgan fingerprint density at radius 2 is 2.04 bits per heavy atom. The number of hydrogen-bond acceptors (Lipinski definition) is 6. The zero-order chi connectivity index (χ0) is 18.8. The van der Waals surface area contributed by atoms with Gasteiger partial charge in [0.2, 0.25) is 12.7 Å². The SMILES string of the molecule is O=c1[nH]c(=S)n(C2CCCCC2)c(O)c1C=NCc1ccc2c(c1)OCO2. The van der Waals surface area contributed by atoms with Crippen LogP contribution in [0, 0.1) is 4.77 Å². The molecule has 0 saturated heterocycles. The van der Waals surface area contributed by atoms with E-state index in [1.165, 1.54) is 12.6 Å². The van der Waals surface area contributed by atoms with Crippen molar-refractivity contribution in [2.45, 2.75) is 44.7 Å². The van der Waals surface area contributed by atoms with E-state index in [2.05, 4.69) is 9.98 Å². The second-order valence-corrected chi connectivity index (χ2v) is 7.20. The predicted molar refractivity (Wildman–Crippen MR) is 104 cm³/mol. The van der Waals surface area contributed by atoms with Crippen molar-refractivity contribution in [3.63, 3.8) is 0 Å². The normalized spacial score (nSPS) is 16.9. The Bertz CT molecular complexity index is 989. The van der Waals surface area contributed by atoms with E-state index in [0.717, 1.165) is 31.2 Å². The van der Waals surface area contributed by atoms with Crippen LogP contribution in [0.15, 0.2) is 28.0 Å². The van der Waals surface area contributed by atoms with Crippen LogP contribution in [0.2, 0.25) is 0 Å². The minimum absolute atomic E-state index is 0.106. The lowest BCUT2D eigenvalue weighted by atomic mass is 9.95. The van der Waals surface area contributed by atoms with Crippen LogP contribution in [0.3, 0.4) is 0 Å². The van der Waals surface area contributed by atoms with E-state index < -0.39 is 5.56 Å². The largest absolute Gasteiger partial charge is 0.494 e. The average Bonchev–Trinajstić information content (AvgIpc) is 3.13. The summed E-state index contributed by atoms with van der Waals surface area (Å²) in [4.78, 5) is 19.3. The summed E-state index contributed by atoms with van der Waals surface area (Å²) in [5.74, 6) is 1.30. The highest BCUT2D eigenvalue weighted by Gasteiger charge is 2.21. The highest BCUT2D eigenvalue weighted by atomic mass is 32.1. The first kappa shape index (κ1) is 17.8. The highest BCUT2D eigenvalue weighted by Crippen LogP contribution is 2.33. The van der Waals surface area contributed by atoms with Gasteiger partial charge in [-0.05, 0) is 42.8 Å². The van der Waals surface area contributed by atoms with Crippen LogP contribution in [-0.4, -0.2) is 27.7 Å². The number of hydrogen-bond donors (Lipinski definition) is 2. The highest BCUT2D eigenvalue weighted by molar-refractivity contribution is 7.71. The number of aromatic nitrogens is 2. The monoisotopic (exact) mass is 387 g/mol. The van der Waals surface area contributed by atoms with Gasteiger partial charge in [0.15, 0.2) is 16.3 Å². The van der Waals surface area contributed by atoms with Crippen molar-refractivity contribution in [3.05, 3.63) is 44.5 Å². The van der Waals surface area contributed by atoms with E-state index >= 15 is 0 Å². The third-order valence-electron chi connectivity index (χ3n) is 5.02. The zero-order valence-electron chi connectivity index (χ0n) is 14.8. The number of H-pyrrole nitrogens is 1. The smallest absolute Gasteiger partial charge is 0.264 e. The van der Waals surface area contributed by atoms with Crippen LogP contribution >= 0.6 is 12.2 Å². The summed E-state index contributed by atoms with van der Waals surface area (Å²) in [5.41, 5.74) is 0.625. The molecule has 2 aromatic rings. The van der Waals surface area contributed by atoms with Gasteiger partial charge >= 0.3 is 0 Å². The van der Waals surface area contributed by atoms with Gasteiger partial charge in [0.25, 0.3) is 5.56 Å². The summed E-state index contributed by atoms with van der Waals surface area (Å²) in [6.45, 7) is 0.578. The Balaban J connectivity index is 1.58. The molecule has 1 aromatic carbocycles. The fourth-order valence-electron chi connectivity index (χ4n) is 3.63. The first-order valence-electron chi connectivity index (χ1n) is 9.09. The standard InChI is InChI=1S/C19H21N3O4S/c23-17-14(10-20-9-12-6-7-15-16(8-12)26-11-25-15)18(24)22(19(27)21-17)13-4-2-1-3-5-13/h6-8,10,13,24H,1-5,9,11H2,(H,21,23,27). The topological polar surface area (TPSA) is 88.8 Å². The van der Waals surface area contributed by atoms with Gasteiger partial charge in [-0.15, -0.1) is 0 Å². The van der Waals surface area contributed by atoms with Crippen molar-refractivity contribution < 1.29 is 14.6 Å². The summed E-state index contributed by atoms with van der Waals surface area (Å²) < 4.78 is 12.6. The van der Waals surface area contributed by atoms with Crippen molar-refractivity contribution in [2.75, 3.05) is 6.79 Å². The molecule has 2 aliphatic rings. The van der Waals surface area contributed by atoms with Gasteiger partial charge in [-0.3, -0.25) is 19.3 Å². The molecule has 8 heteroatoms. The number of aliphatic imine (C=N–C) groups is 1. The van der Waals surface area contributed by atoms with Crippen molar-refractivity contribution in [2.24, 2.45) is 4.99 Å². The Morgan fingerprint density at radius 3 is 2.85 bits per heavy atom. The second-order valence-electron chi connectivity index (χ2n) is 6.82. The molecule has 1 fully saturated rings. The molecule has 0 spiro atoms. The average molecular weight is 387 g/mol. The molecule has 1 aromatic heterocycles. The lowest BCUT2D eigenvalue weighted by Gasteiger charge is -2.25. The van der Waals surface area contributed by atoms with Gasteiger partial charge in [0.1, 0.15) is 5.56 Å². The first-order chi connectivity index (χ1) is 13.1. The molecule has 0 amide bonds. The lowest BCUT2D eigenvalue weighted by Crippen LogP contribution is -2.22. The molecule has 2 N–H and O–H groups in total. The third kappa shape index (κ3) is 3.62. The maximum atomic E-state index is 12.3. The van der Waals surface area contributed by atoms with E-state index in [1.54, 1.807) is 4.57 Å². The minimum atomic E-state index is -0.431. The van der Waals surface area contributed by atoms with Gasteiger partial charge in [-0.25, -0.2) is 0 Å². The lowest BCUT2D eigenvalue weighted by molar-refractivity contribution is 0.174. The van der Waals surface area contributed by atoms with E-state index in [-0.39, 0.29) is 29.0 Å². The van der Waals surface area contributed by atoms with E-state index in [4.69, 9.17) is 21.7 Å². The maximum Gasteiger partial charge on any atom is 0.264 e. The van der Waals surface area contributed by atoms with E-state index in [1.807, 2.05) is 18.2 Å². The Kier molecular flexibility index (Phi) is 4.98. The number of aromatic amines is 1. The molecule has 142 valence electrons. The molecular weight excluding hydrogens is 366 g/mol. The molecule has 0 atom stereocenters. The summed E-state index contributed by atoms with van der Waals surface area (Å²) >= 11 is 5.28. The summed E-state index contributed by atoms with van der Waals surface area (Å²) in [5, 5.41) is 10.7. The molecule has 0 unspecified atom stereocenters. The van der Waals surface area contributed by atoms with Crippen molar-refractivity contribution in [3.8, 4) is 17.4 Å². The second kappa shape index (κ2) is 7.56. The van der Waals surface area contributed by atoms with Gasteiger partial charge in [-0.1, -0.05) is 25.3 Å². The van der Waals surface area contributed by atoms with Crippen molar-refractivity contribution >= 4 is 18.4 Å². The van der Waals surface area contributed by atoms with Gasteiger partial charge in [-0.2, -0.15) is 0 Å². The molecule has 4 rings (SSSR count). The first-order valence-corrected chi connectivity index (χ1v) is 9.50. The molecule has 0 radical (unpaired) electrons. The Labute approximate surface area is 161 Å². The van der Waals surface area contributed by atoms with Crippen molar-refractivity contribution in [1.29, 1.82) is 0 Å². The number of benzene rings is 1. The van der Waals surface area contributed by atoms with Gasteiger partial charge < -0.3 is 14.6 Å². The van der Waals surface area contributed by atoms with Crippen LogP contribution in [0.25, 0.3) is 0 Å². The van der Waals surface area contributed by atoms with Crippen LogP contribution in [0.5, 0.6) is 17.4 Å². The molecule has 7 nitrogen and oxygen atoms in total. The van der Waals surface area contributed by atoms with Gasteiger partial charge in [0.05, 0.1) is 6.54 Å². The van der Waals surface area contributed by atoms with Crippen LogP contribution in [-0.2, 0) is 6.54 Å². The Morgan fingerprint density at radius 1 is 1.26 bits per heavy atom. The van der Waals surface area contributed by atoms with Crippen LogP contribution in [0.1, 0.15) is 49.3 Å².